The Hall–Kier alpha value is -2.86. The molecule has 0 unspecified atom stereocenters. The van der Waals surface area contributed by atoms with Gasteiger partial charge in [0.15, 0.2) is 0 Å². The molecule has 3 amide bonds. The first-order valence-corrected chi connectivity index (χ1v) is 9.08. The summed E-state index contributed by atoms with van der Waals surface area (Å²) in [5, 5.41) is 2.78. The lowest BCUT2D eigenvalue weighted by Gasteiger charge is -2.36. The molecule has 2 aromatic rings. The molecule has 0 spiro atoms. The van der Waals surface area contributed by atoms with Crippen molar-refractivity contribution in [2.75, 3.05) is 37.0 Å². The molecule has 2 aromatic carbocycles. The van der Waals surface area contributed by atoms with E-state index in [1.165, 1.54) is 12.7 Å². The molecule has 0 aliphatic carbocycles. The maximum atomic E-state index is 13.0. The van der Waals surface area contributed by atoms with E-state index in [0.29, 0.717) is 18.8 Å². The summed E-state index contributed by atoms with van der Waals surface area (Å²) < 4.78 is 4.84. The highest BCUT2D eigenvalue weighted by Gasteiger charge is 2.27. The number of anilines is 2. The van der Waals surface area contributed by atoms with Gasteiger partial charge in [-0.3, -0.25) is 9.69 Å². The van der Waals surface area contributed by atoms with Crippen molar-refractivity contribution in [1.82, 2.24) is 4.90 Å². The first kappa shape index (κ1) is 18.9. The molecule has 6 nitrogen and oxygen atoms in total. The first-order chi connectivity index (χ1) is 13.1. The Morgan fingerprint density at radius 3 is 2.74 bits per heavy atom. The second-order valence-corrected chi connectivity index (χ2v) is 6.67. The molecule has 0 atom stereocenters. The van der Waals surface area contributed by atoms with Crippen LogP contribution in [0.3, 0.4) is 0 Å². The Morgan fingerprint density at radius 2 is 1.96 bits per heavy atom. The number of methoxy groups -OCH3 is 1. The van der Waals surface area contributed by atoms with Gasteiger partial charge in [-0.15, -0.1) is 0 Å². The summed E-state index contributed by atoms with van der Waals surface area (Å²) in [6, 6.07) is 15.5. The SMILES string of the molecule is COCC(=O)Nc1cccc(N2CCCN(Cc3ccccc3C)C2=O)c1. The second kappa shape index (κ2) is 8.68. The largest absolute Gasteiger partial charge is 0.375 e. The van der Waals surface area contributed by atoms with Crippen molar-refractivity contribution in [2.45, 2.75) is 19.9 Å². The minimum Gasteiger partial charge on any atom is -0.375 e. The molecule has 3 rings (SSSR count). The van der Waals surface area contributed by atoms with Crippen LogP contribution in [0.2, 0.25) is 0 Å². The average Bonchev–Trinajstić information content (AvgIpc) is 2.65. The molecule has 1 fully saturated rings. The fraction of sp³-hybridized carbons (Fsp3) is 0.333. The van der Waals surface area contributed by atoms with Crippen LogP contribution >= 0.6 is 0 Å². The molecule has 1 saturated heterocycles. The van der Waals surface area contributed by atoms with Gasteiger partial charge < -0.3 is 15.0 Å². The zero-order chi connectivity index (χ0) is 19.2. The summed E-state index contributed by atoms with van der Waals surface area (Å²) in [4.78, 5) is 28.4. The molecule has 1 heterocycles. The summed E-state index contributed by atoms with van der Waals surface area (Å²) >= 11 is 0. The molecule has 27 heavy (non-hydrogen) atoms. The Kier molecular flexibility index (Phi) is 6.08. The van der Waals surface area contributed by atoms with Crippen LogP contribution in [0.15, 0.2) is 48.5 Å². The van der Waals surface area contributed by atoms with Gasteiger partial charge in [0.05, 0.1) is 0 Å². The van der Waals surface area contributed by atoms with Crippen LogP contribution < -0.4 is 10.2 Å². The van der Waals surface area contributed by atoms with Crippen LogP contribution in [0.5, 0.6) is 0 Å². The number of hydrogen-bond acceptors (Lipinski definition) is 3. The number of rotatable bonds is 6. The number of aryl methyl sites for hydroxylation is 1. The summed E-state index contributed by atoms with van der Waals surface area (Å²) in [7, 11) is 1.48. The van der Waals surface area contributed by atoms with E-state index in [1.54, 1.807) is 11.0 Å². The number of amides is 3. The number of carbonyl (C=O) groups is 2. The number of benzene rings is 2. The summed E-state index contributed by atoms with van der Waals surface area (Å²) in [6.45, 7) is 4.07. The van der Waals surface area contributed by atoms with Crippen molar-refractivity contribution in [1.29, 1.82) is 0 Å². The van der Waals surface area contributed by atoms with Crippen LogP contribution in [0.25, 0.3) is 0 Å². The van der Waals surface area contributed by atoms with E-state index in [9.17, 15) is 9.59 Å². The summed E-state index contributed by atoms with van der Waals surface area (Å²) in [5.41, 5.74) is 3.78. The lowest BCUT2D eigenvalue weighted by Crippen LogP contribution is -2.49. The van der Waals surface area contributed by atoms with Gasteiger partial charge in [0.25, 0.3) is 0 Å². The highest BCUT2D eigenvalue weighted by molar-refractivity contribution is 5.95. The Bertz CT molecular complexity index is 822. The molecule has 1 N–H and O–H groups in total. The summed E-state index contributed by atoms with van der Waals surface area (Å²) in [6.07, 6.45) is 0.901. The number of ether oxygens (including phenoxy) is 1. The van der Waals surface area contributed by atoms with Gasteiger partial charge in [-0.05, 0) is 42.7 Å². The van der Waals surface area contributed by atoms with Gasteiger partial charge >= 0.3 is 6.03 Å². The van der Waals surface area contributed by atoms with Crippen LogP contribution in [0, 0.1) is 6.92 Å². The van der Waals surface area contributed by atoms with Gasteiger partial charge in [-0.25, -0.2) is 4.79 Å². The van der Waals surface area contributed by atoms with Crippen molar-refractivity contribution >= 4 is 23.3 Å². The number of nitrogens with one attached hydrogen (secondary N) is 1. The Morgan fingerprint density at radius 1 is 1.15 bits per heavy atom. The van der Waals surface area contributed by atoms with Crippen molar-refractivity contribution in [2.24, 2.45) is 0 Å². The molecular weight excluding hydrogens is 342 g/mol. The molecule has 142 valence electrons. The topological polar surface area (TPSA) is 61.9 Å². The molecule has 1 aliphatic heterocycles. The Balaban J connectivity index is 1.74. The van der Waals surface area contributed by atoms with Crippen LogP contribution in [0.1, 0.15) is 17.5 Å². The van der Waals surface area contributed by atoms with Crippen molar-refractivity contribution in [3.8, 4) is 0 Å². The van der Waals surface area contributed by atoms with Crippen molar-refractivity contribution in [3.05, 3.63) is 59.7 Å². The van der Waals surface area contributed by atoms with E-state index in [-0.39, 0.29) is 18.5 Å². The fourth-order valence-electron chi connectivity index (χ4n) is 3.24. The van der Waals surface area contributed by atoms with Gasteiger partial charge in [0, 0.05) is 38.1 Å². The minimum atomic E-state index is -0.221. The lowest BCUT2D eigenvalue weighted by atomic mass is 10.1. The smallest absolute Gasteiger partial charge is 0.324 e. The van der Waals surface area contributed by atoms with Crippen LogP contribution in [-0.4, -0.2) is 43.6 Å². The van der Waals surface area contributed by atoms with Gasteiger partial charge in [0.2, 0.25) is 5.91 Å². The standard InChI is InChI=1S/C21H25N3O3/c1-16-7-3-4-8-17(16)14-23-11-6-12-24(21(23)26)19-10-5-9-18(13-19)22-20(25)15-27-2/h3-5,7-10,13H,6,11-12,14-15H2,1-2H3,(H,22,25). The van der Waals surface area contributed by atoms with Crippen molar-refractivity contribution < 1.29 is 14.3 Å². The summed E-state index contributed by atoms with van der Waals surface area (Å²) in [5.74, 6) is -0.221. The highest BCUT2D eigenvalue weighted by atomic mass is 16.5. The quantitative estimate of drug-likeness (QED) is 0.851. The number of urea groups is 1. The minimum absolute atomic E-state index is 0.00290. The molecule has 6 heteroatoms. The number of hydrogen-bond donors (Lipinski definition) is 1. The van der Waals surface area contributed by atoms with E-state index in [1.807, 2.05) is 35.2 Å². The Labute approximate surface area is 159 Å². The molecule has 0 aromatic heterocycles. The molecule has 0 saturated carbocycles. The average molecular weight is 367 g/mol. The lowest BCUT2D eigenvalue weighted by molar-refractivity contribution is -0.119. The van der Waals surface area contributed by atoms with Crippen molar-refractivity contribution in [3.63, 3.8) is 0 Å². The van der Waals surface area contributed by atoms with Crippen LogP contribution in [-0.2, 0) is 16.1 Å². The maximum absolute atomic E-state index is 13.0. The zero-order valence-electron chi connectivity index (χ0n) is 15.8. The van der Waals surface area contributed by atoms with E-state index >= 15 is 0 Å². The third-order valence-corrected chi connectivity index (χ3v) is 4.65. The zero-order valence-corrected chi connectivity index (χ0v) is 15.8. The maximum Gasteiger partial charge on any atom is 0.324 e. The van der Waals surface area contributed by atoms with Gasteiger partial charge in [-0.2, -0.15) is 0 Å². The van der Waals surface area contributed by atoms with E-state index in [4.69, 9.17) is 4.74 Å². The van der Waals surface area contributed by atoms with E-state index in [2.05, 4.69) is 24.4 Å². The molecular formula is C21H25N3O3. The molecule has 1 aliphatic rings. The number of carbonyl (C=O) groups excluding carboxylic acids is 2. The normalized spacial score (nSPS) is 14.4. The fourth-order valence-corrected chi connectivity index (χ4v) is 3.24. The molecule has 0 bridgehead atoms. The third-order valence-electron chi connectivity index (χ3n) is 4.65. The van der Waals surface area contributed by atoms with Crippen LogP contribution in [0.4, 0.5) is 16.2 Å². The molecule has 0 radical (unpaired) electrons. The number of nitrogens with zero attached hydrogens (tertiary/aromatic N) is 2. The van der Waals surface area contributed by atoms with E-state index in [0.717, 1.165) is 24.2 Å². The predicted octanol–water partition coefficient (Wildman–Crippen LogP) is 3.41. The first-order valence-electron chi connectivity index (χ1n) is 9.08. The van der Waals surface area contributed by atoms with Gasteiger partial charge in [-0.1, -0.05) is 30.3 Å². The van der Waals surface area contributed by atoms with E-state index < -0.39 is 0 Å². The second-order valence-electron chi connectivity index (χ2n) is 6.67. The highest BCUT2D eigenvalue weighted by Crippen LogP contribution is 2.24. The monoisotopic (exact) mass is 367 g/mol. The predicted molar refractivity (Wildman–Crippen MR) is 106 cm³/mol. The third kappa shape index (κ3) is 4.65. The van der Waals surface area contributed by atoms with Gasteiger partial charge in [0.1, 0.15) is 6.61 Å².